The van der Waals surface area contributed by atoms with Crippen LogP contribution in [0, 0.1) is 13.8 Å². The molecule has 0 fully saturated rings. The van der Waals surface area contributed by atoms with Crippen molar-refractivity contribution >= 4 is 5.65 Å². The van der Waals surface area contributed by atoms with Crippen molar-refractivity contribution in [1.82, 2.24) is 9.38 Å². The maximum Gasteiger partial charge on any atom is 0.137 e. The van der Waals surface area contributed by atoms with Crippen LogP contribution in [0.4, 0.5) is 0 Å². The summed E-state index contributed by atoms with van der Waals surface area (Å²) in [6.45, 7) is 6.15. The van der Waals surface area contributed by atoms with Crippen LogP contribution in [0.3, 0.4) is 0 Å². The number of pyridine rings is 1. The fraction of sp³-hybridized carbons (Fsp3) is 0.316. The molecule has 0 spiro atoms. The Bertz CT molecular complexity index is 804. The third-order valence-corrected chi connectivity index (χ3v) is 4.11. The van der Waals surface area contributed by atoms with Crippen LogP contribution in [0.15, 0.2) is 42.5 Å². The highest BCUT2D eigenvalue weighted by Crippen LogP contribution is 2.26. The van der Waals surface area contributed by atoms with E-state index in [2.05, 4.69) is 48.6 Å². The average molecular weight is 294 g/mol. The summed E-state index contributed by atoms with van der Waals surface area (Å²) in [4.78, 5) is 4.77. The van der Waals surface area contributed by atoms with Crippen LogP contribution in [0.2, 0.25) is 0 Å². The zero-order valence-electron chi connectivity index (χ0n) is 13.4. The second kappa shape index (κ2) is 5.93. The zero-order valence-corrected chi connectivity index (χ0v) is 13.4. The van der Waals surface area contributed by atoms with E-state index in [0.717, 1.165) is 29.1 Å². The van der Waals surface area contributed by atoms with Gasteiger partial charge in [0.1, 0.15) is 5.65 Å². The number of benzene rings is 1. The summed E-state index contributed by atoms with van der Waals surface area (Å²) in [5.41, 5.74) is 6.38. The number of aliphatic hydroxyl groups excluding tert-OH is 1. The van der Waals surface area contributed by atoms with Gasteiger partial charge in [0.25, 0.3) is 0 Å². The lowest BCUT2D eigenvalue weighted by Crippen LogP contribution is -2.06. The summed E-state index contributed by atoms with van der Waals surface area (Å²) in [5.74, 6) is 0. The smallest absolute Gasteiger partial charge is 0.137 e. The number of aromatic nitrogens is 2. The van der Waals surface area contributed by atoms with E-state index >= 15 is 0 Å². The van der Waals surface area contributed by atoms with Crippen molar-refractivity contribution in [3.8, 4) is 0 Å². The van der Waals surface area contributed by atoms with E-state index in [1.165, 1.54) is 11.1 Å². The van der Waals surface area contributed by atoms with Gasteiger partial charge in [0.05, 0.1) is 17.5 Å². The summed E-state index contributed by atoms with van der Waals surface area (Å²) in [6, 6.07) is 14.5. The van der Waals surface area contributed by atoms with Gasteiger partial charge in [-0.3, -0.25) is 4.40 Å². The van der Waals surface area contributed by atoms with E-state index in [1.807, 2.05) is 19.1 Å². The summed E-state index contributed by atoms with van der Waals surface area (Å²) in [5, 5.41) is 10.5. The Hall–Kier alpha value is -2.13. The second-order valence-corrected chi connectivity index (χ2v) is 5.89. The molecule has 1 aromatic carbocycles. The first-order valence-electron chi connectivity index (χ1n) is 7.80. The topological polar surface area (TPSA) is 37.5 Å². The summed E-state index contributed by atoms with van der Waals surface area (Å²) in [7, 11) is 0. The van der Waals surface area contributed by atoms with E-state index in [1.54, 1.807) is 0 Å². The molecule has 2 heterocycles. The van der Waals surface area contributed by atoms with Gasteiger partial charge in [-0.15, -0.1) is 0 Å². The quantitative estimate of drug-likeness (QED) is 0.790. The number of imidazole rings is 1. The van der Waals surface area contributed by atoms with Crippen LogP contribution < -0.4 is 0 Å². The summed E-state index contributed by atoms with van der Waals surface area (Å²) < 4.78 is 2.08. The van der Waals surface area contributed by atoms with Crippen molar-refractivity contribution in [2.75, 3.05) is 0 Å². The Morgan fingerprint density at radius 3 is 2.64 bits per heavy atom. The van der Waals surface area contributed by atoms with E-state index < -0.39 is 6.10 Å². The van der Waals surface area contributed by atoms with Crippen LogP contribution in [0.5, 0.6) is 0 Å². The van der Waals surface area contributed by atoms with Crippen molar-refractivity contribution in [2.24, 2.45) is 0 Å². The molecule has 3 rings (SSSR count). The third kappa shape index (κ3) is 2.64. The molecule has 3 aromatic rings. The maximum atomic E-state index is 10.5. The fourth-order valence-electron chi connectivity index (χ4n) is 3.01. The highest BCUT2D eigenvalue weighted by Gasteiger charge is 2.19. The molecule has 1 N–H and O–H groups in total. The highest BCUT2D eigenvalue weighted by molar-refractivity contribution is 5.47. The van der Waals surface area contributed by atoms with Crippen molar-refractivity contribution in [1.29, 1.82) is 0 Å². The first kappa shape index (κ1) is 14.8. The molecule has 0 aliphatic heterocycles. The number of aliphatic hydroxyl groups is 1. The Morgan fingerprint density at radius 1 is 1.14 bits per heavy atom. The largest absolute Gasteiger partial charge is 0.387 e. The minimum Gasteiger partial charge on any atom is -0.387 e. The molecule has 1 atom stereocenters. The first-order valence-corrected chi connectivity index (χ1v) is 7.80. The Morgan fingerprint density at radius 2 is 1.91 bits per heavy atom. The molecule has 0 aliphatic rings. The molecule has 22 heavy (non-hydrogen) atoms. The molecule has 1 unspecified atom stereocenters. The van der Waals surface area contributed by atoms with Crippen molar-refractivity contribution < 1.29 is 5.11 Å². The lowest BCUT2D eigenvalue weighted by molar-refractivity contribution is 0.166. The minimum atomic E-state index is -0.490. The zero-order chi connectivity index (χ0) is 15.7. The van der Waals surface area contributed by atoms with Gasteiger partial charge >= 0.3 is 0 Å². The molecular weight excluding hydrogens is 272 g/mol. The van der Waals surface area contributed by atoms with Gasteiger partial charge in [-0.2, -0.15) is 0 Å². The standard InChI is InChI=1S/C19H22N2O/c1-4-17(22)19-16(12-15-9-5-7-13(2)11-15)20-18-10-6-8-14(3)21(18)19/h5-11,17,22H,4,12H2,1-3H3. The number of hydrogen-bond acceptors (Lipinski definition) is 2. The number of nitrogens with zero attached hydrogens (tertiary/aromatic N) is 2. The van der Waals surface area contributed by atoms with Gasteiger partial charge in [0.15, 0.2) is 0 Å². The first-order chi connectivity index (χ1) is 10.6. The normalized spacial score (nSPS) is 12.7. The SMILES string of the molecule is CCC(O)c1c(Cc2cccc(C)c2)nc2cccc(C)n12. The van der Waals surface area contributed by atoms with Gasteiger partial charge in [0, 0.05) is 12.1 Å². The van der Waals surface area contributed by atoms with Crippen LogP contribution in [0.1, 0.15) is 47.7 Å². The molecule has 3 heteroatoms. The van der Waals surface area contributed by atoms with Gasteiger partial charge in [-0.1, -0.05) is 42.8 Å². The van der Waals surface area contributed by atoms with Crippen LogP contribution >= 0.6 is 0 Å². The number of hydrogen-bond donors (Lipinski definition) is 1. The van der Waals surface area contributed by atoms with Gasteiger partial charge in [-0.05, 0) is 38.0 Å². The van der Waals surface area contributed by atoms with Gasteiger partial charge in [-0.25, -0.2) is 4.98 Å². The van der Waals surface area contributed by atoms with Crippen LogP contribution in [-0.4, -0.2) is 14.5 Å². The molecule has 0 aliphatic carbocycles. The molecule has 0 radical (unpaired) electrons. The lowest BCUT2D eigenvalue weighted by Gasteiger charge is -2.12. The second-order valence-electron chi connectivity index (χ2n) is 5.89. The molecule has 114 valence electrons. The minimum absolute atomic E-state index is 0.490. The fourth-order valence-corrected chi connectivity index (χ4v) is 3.01. The molecule has 3 nitrogen and oxygen atoms in total. The van der Waals surface area contributed by atoms with Crippen LogP contribution in [0.25, 0.3) is 5.65 Å². The maximum absolute atomic E-state index is 10.5. The predicted octanol–water partition coefficient (Wildman–Crippen LogP) is 3.99. The van der Waals surface area contributed by atoms with E-state index in [0.29, 0.717) is 6.42 Å². The molecule has 0 saturated carbocycles. The highest BCUT2D eigenvalue weighted by atomic mass is 16.3. The molecule has 2 aromatic heterocycles. The van der Waals surface area contributed by atoms with Crippen molar-refractivity contribution in [3.63, 3.8) is 0 Å². The molecular formula is C19H22N2O. The van der Waals surface area contributed by atoms with Crippen LogP contribution in [-0.2, 0) is 6.42 Å². The Kier molecular flexibility index (Phi) is 3.99. The van der Waals surface area contributed by atoms with E-state index in [4.69, 9.17) is 4.98 Å². The van der Waals surface area contributed by atoms with E-state index in [9.17, 15) is 5.11 Å². The number of rotatable bonds is 4. The van der Waals surface area contributed by atoms with Gasteiger partial charge < -0.3 is 5.11 Å². The molecule has 0 saturated heterocycles. The van der Waals surface area contributed by atoms with E-state index in [-0.39, 0.29) is 0 Å². The number of fused-ring (bicyclic) bond motifs is 1. The van der Waals surface area contributed by atoms with Crippen molar-refractivity contribution in [3.05, 3.63) is 70.7 Å². The van der Waals surface area contributed by atoms with Gasteiger partial charge in [0.2, 0.25) is 0 Å². The molecule has 0 amide bonds. The predicted molar refractivity (Wildman–Crippen MR) is 89.2 cm³/mol. The Labute approximate surface area is 131 Å². The monoisotopic (exact) mass is 294 g/mol. The number of aryl methyl sites for hydroxylation is 2. The van der Waals surface area contributed by atoms with Crippen molar-refractivity contribution in [2.45, 2.75) is 39.7 Å². The average Bonchev–Trinajstić information content (AvgIpc) is 2.86. The lowest BCUT2D eigenvalue weighted by atomic mass is 10.0. The summed E-state index contributed by atoms with van der Waals surface area (Å²) in [6.07, 6.45) is 0.939. The molecule has 0 bridgehead atoms. The third-order valence-electron chi connectivity index (χ3n) is 4.11. The Balaban J connectivity index is 2.14. The summed E-state index contributed by atoms with van der Waals surface area (Å²) >= 11 is 0.